The fourth-order valence-corrected chi connectivity index (χ4v) is 2.02. The highest BCUT2D eigenvalue weighted by Crippen LogP contribution is 2.13. The van der Waals surface area contributed by atoms with Crippen LogP contribution in [-0.2, 0) is 11.2 Å². The van der Waals surface area contributed by atoms with Gasteiger partial charge in [0, 0.05) is 31.8 Å². The lowest BCUT2D eigenvalue weighted by molar-refractivity contribution is -0.122. The van der Waals surface area contributed by atoms with E-state index in [0.717, 1.165) is 18.7 Å². The lowest BCUT2D eigenvalue weighted by atomic mass is 9.94. The Bertz CT molecular complexity index is 335. The lowest BCUT2D eigenvalue weighted by Crippen LogP contribution is -2.30. The zero-order valence-electron chi connectivity index (χ0n) is 11.3. The minimum absolute atomic E-state index is 0.0812. The first kappa shape index (κ1) is 14.7. The fourth-order valence-electron chi connectivity index (χ4n) is 2.02. The SMILES string of the molecule is CC(C)CC(CN)CC(=O)NCCc1ncc[nH]1. The maximum Gasteiger partial charge on any atom is 0.220 e. The monoisotopic (exact) mass is 252 g/mol. The quantitative estimate of drug-likeness (QED) is 0.647. The number of carbonyl (C=O) groups is 1. The summed E-state index contributed by atoms with van der Waals surface area (Å²) in [4.78, 5) is 18.8. The number of hydrogen-bond donors (Lipinski definition) is 3. The van der Waals surface area contributed by atoms with Crippen LogP contribution in [0, 0.1) is 11.8 Å². The molecule has 5 nitrogen and oxygen atoms in total. The zero-order chi connectivity index (χ0) is 13.4. The molecule has 0 aromatic carbocycles. The summed E-state index contributed by atoms with van der Waals surface area (Å²) in [5.74, 6) is 1.84. The van der Waals surface area contributed by atoms with Crippen molar-refractivity contribution in [2.75, 3.05) is 13.1 Å². The van der Waals surface area contributed by atoms with E-state index >= 15 is 0 Å². The van der Waals surface area contributed by atoms with E-state index in [1.165, 1.54) is 0 Å². The van der Waals surface area contributed by atoms with E-state index in [2.05, 4.69) is 29.1 Å². The van der Waals surface area contributed by atoms with Crippen LogP contribution >= 0.6 is 0 Å². The van der Waals surface area contributed by atoms with E-state index in [1.807, 2.05) is 0 Å². The molecule has 1 amide bonds. The van der Waals surface area contributed by atoms with Crippen molar-refractivity contribution >= 4 is 5.91 Å². The van der Waals surface area contributed by atoms with E-state index in [1.54, 1.807) is 12.4 Å². The van der Waals surface area contributed by atoms with Gasteiger partial charge in [0.2, 0.25) is 5.91 Å². The van der Waals surface area contributed by atoms with Crippen LogP contribution in [0.25, 0.3) is 0 Å². The van der Waals surface area contributed by atoms with Crippen molar-refractivity contribution in [2.24, 2.45) is 17.6 Å². The number of H-pyrrole nitrogens is 1. The molecule has 1 rings (SSSR count). The summed E-state index contributed by atoms with van der Waals surface area (Å²) >= 11 is 0. The number of amides is 1. The number of nitrogens with zero attached hydrogens (tertiary/aromatic N) is 1. The Morgan fingerprint density at radius 3 is 2.89 bits per heavy atom. The molecule has 1 atom stereocenters. The predicted octanol–water partition coefficient (Wildman–Crippen LogP) is 1.08. The van der Waals surface area contributed by atoms with Gasteiger partial charge in [0.05, 0.1) is 0 Å². The van der Waals surface area contributed by atoms with Gasteiger partial charge >= 0.3 is 0 Å². The zero-order valence-corrected chi connectivity index (χ0v) is 11.3. The van der Waals surface area contributed by atoms with Gasteiger partial charge in [-0.05, 0) is 24.8 Å². The van der Waals surface area contributed by atoms with Gasteiger partial charge < -0.3 is 16.0 Å². The molecule has 1 heterocycles. The third kappa shape index (κ3) is 5.82. The number of carbonyl (C=O) groups excluding carboxylic acids is 1. The molecule has 0 saturated heterocycles. The Morgan fingerprint density at radius 2 is 2.33 bits per heavy atom. The van der Waals surface area contributed by atoms with Gasteiger partial charge in [-0.15, -0.1) is 0 Å². The summed E-state index contributed by atoms with van der Waals surface area (Å²) in [7, 11) is 0. The number of aromatic amines is 1. The molecule has 5 heteroatoms. The Labute approximate surface area is 109 Å². The molecule has 18 heavy (non-hydrogen) atoms. The molecular formula is C13H24N4O. The topological polar surface area (TPSA) is 83.8 Å². The van der Waals surface area contributed by atoms with Gasteiger partial charge in [-0.25, -0.2) is 4.98 Å². The van der Waals surface area contributed by atoms with E-state index in [9.17, 15) is 4.79 Å². The first-order valence-corrected chi connectivity index (χ1v) is 6.56. The number of aromatic nitrogens is 2. The molecule has 102 valence electrons. The molecule has 0 saturated carbocycles. The third-order valence-electron chi connectivity index (χ3n) is 2.85. The van der Waals surface area contributed by atoms with Crippen LogP contribution in [0.3, 0.4) is 0 Å². The standard InChI is InChI=1S/C13H24N4O/c1-10(2)7-11(9-14)8-13(18)17-4-3-12-15-5-6-16-12/h5-6,10-11H,3-4,7-9,14H2,1-2H3,(H,15,16)(H,17,18). The van der Waals surface area contributed by atoms with Crippen LogP contribution < -0.4 is 11.1 Å². The second-order valence-corrected chi connectivity index (χ2v) is 5.07. The molecule has 0 radical (unpaired) electrons. The van der Waals surface area contributed by atoms with Crippen LogP contribution in [-0.4, -0.2) is 29.0 Å². The van der Waals surface area contributed by atoms with Crippen LogP contribution in [0.15, 0.2) is 12.4 Å². The first-order chi connectivity index (χ1) is 8.61. The Hall–Kier alpha value is -1.36. The predicted molar refractivity (Wildman–Crippen MR) is 71.9 cm³/mol. The second kappa shape index (κ2) is 7.87. The van der Waals surface area contributed by atoms with E-state index < -0.39 is 0 Å². The highest BCUT2D eigenvalue weighted by molar-refractivity contribution is 5.76. The summed E-state index contributed by atoms with van der Waals surface area (Å²) in [6.07, 6.45) is 5.75. The molecule has 1 unspecified atom stereocenters. The molecule has 4 N–H and O–H groups in total. The van der Waals surface area contributed by atoms with Crippen molar-refractivity contribution in [3.8, 4) is 0 Å². The van der Waals surface area contributed by atoms with Crippen LogP contribution in [0.1, 0.15) is 32.5 Å². The Kier molecular flexibility index (Phi) is 6.43. The average molecular weight is 252 g/mol. The summed E-state index contributed by atoms with van der Waals surface area (Å²) < 4.78 is 0. The summed E-state index contributed by atoms with van der Waals surface area (Å²) in [6, 6.07) is 0. The van der Waals surface area contributed by atoms with Crippen molar-refractivity contribution < 1.29 is 4.79 Å². The van der Waals surface area contributed by atoms with Crippen molar-refractivity contribution in [3.05, 3.63) is 18.2 Å². The van der Waals surface area contributed by atoms with Gasteiger partial charge in [-0.1, -0.05) is 13.8 Å². The minimum Gasteiger partial charge on any atom is -0.356 e. The number of hydrogen-bond acceptors (Lipinski definition) is 3. The fraction of sp³-hybridized carbons (Fsp3) is 0.692. The van der Waals surface area contributed by atoms with Crippen molar-refractivity contribution in [1.29, 1.82) is 0 Å². The van der Waals surface area contributed by atoms with Crippen LogP contribution in [0.2, 0.25) is 0 Å². The van der Waals surface area contributed by atoms with Crippen molar-refractivity contribution in [3.63, 3.8) is 0 Å². The van der Waals surface area contributed by atoms with E-state index in [-0.39, 0.29) is 11.8 Å². The minimum atomic E-state index is 0.0812. The van der Waals surface area contributed by atoms with Crippen LogP contribution in [0.5, 0.6) is 0 Å². The number of imidazole rings is 1. The molecule has 0 spiro atoms. The summed E-state index contributed by atoms with van der Waals surface area (Å²) in [6.45, 7) is 5.49. The van der Waals surface area contributed by atoms with Crippen molar-refractivity contribution in [1.82, 2.24) is 15.3 Å². The molecule has 0 aliphatic heterocycles. The van der Waals surface area contributed by atoms with Gasteiger partial charge in [-0.3, -0.25) is 4.79 Å². The molecular weight excluding hydrogens is 228 g/mol. The lowest BCUT2D eigenvalue weighted by Gasteiger charge is -2.16. The van der Waals surface area contributed by atoms with Crippen LogP contribution in [0.4, 0.5) is 0 Å². The van der Waals surface area contributed by atoms with Gasteiger partial charge in [-0.2, -0.15) is 0 Å². The molecule has 0 aliphatic rings. The molecule has 0 bridgehead atoms. The summed E-state index contributed by atoms with van der Waals surface area (Å²) in [5, 5.41) is 2.90. The normalized spacial score (nSPS) is 12.7. The molecule has 0 fully saturated rings. The maximum atomic E-state index is 11.7. The Balaban J connectivity index is 2.19. The van der Waals surface area contributed by atoms with E-state index in [4.69, 9.17) is 5.73 Å². The largest absolute Gasteiger partial charge is 0.356 e. The smallest absolute Gasteiger partial charge is 0.220 e. The van der Waals surface area contributed by atoms with Gasteiger partial charge in [0.25, 0.3) is 0 Å². The number of nitrogens with two attached hydrogens (primary N) is 1. The highest BCUT2D eigenvalue weighted by atomic mass is 16.1. The van der Waals surface area contributed by atoms with Crippen molar-refractivity contribution in [2.45, 2.75) is 33.1 Å². The maximum absolute atomic E-state index is 11.7. The molecule has 1 aromatic heterocycles. The number of nitrogens with one attached hydrogen (secondary N) is 2. The Morgan fingerprint density at radius 1 is 1.56 bits per heavy atom. The van der Waals surface area contributed by atoms with Gasteiger partial charge in [0.1, 0.15) is 5.82 Å². The van der Waals surface area contributed by atoms with Gasteiger partial charge in [0.15, 0.2) is 0 Å². The third-order valence-corrected chi connectivity index (χ3v) is 2.85. The van der Waals surface area contributed by atoms with E-state index in [0.29, 0.717) is 25.4 Å². The number of rotatable bonds is 8. The summed E-state index contributed by atoms with van der Waals surface area (Å²) in [5.41, 5.74) is 5.68. The average Bonchev–Trinajstić information content (AvgIpc) is 2.80. The molecule has 0 aliphatic carbocycles. The highest BCUT2D eigenvalue weighted by Gasteiger charge is 2.13. The first-order valence-electron chi connectivity index (χ1n) is 6.56. The molecule has 1 aromatic rings. The second-order valence-electron chi connectivity index (χ2n) is 5.07.